The Morgan fingerprint density at radius 1 is 0.592 bits per heavy atom. The van der Waals surface area contributed by atoms with Gasteiger partial charge in [-0.2, -0.15) is 0 Å². The van der Waals surface area contributed by atoms with Crippen LogP contribution >= 0.6 is 22.7 Å². The average molecular weight is 711 g/mol. The van der Waals surface area contributed by atoms with E-state index in [1.54, 1.807) is 24.3 Å². The van der Waals surface area contributed by atoms with Crippen LogP contribution in [-0.4, -0.2) is 100 Å². The van der Waals surface area contributed by atoms with Gasteiger partial charge in [-0.1, -0.05) is 0 Å². The zero-order chi connectivity index (χ0) is 35.0. The number of amides is 4. The average Bonchev–Trinajstić information content (AvgIpc) is 3.79. The minimum absolute atomic E-state index is 0.0801. The molecule has 6 rings (SSSR count). The van der Waals surface area contributed by atoms with Crippen LogP contribution in [0, 0.1) is 0 Å². The number of carbonyl (C=O) groups is 6. The second-order valence-electron chi connectivity index (χ2n) is 10.8. The van der Waals surface area contributed by atoms with Crippen LogP contribution < -0.4 is 18.9 Å². The van der Waals surface area contributed by atoms with Crippen LogP contribution in [0.1, 0.15) is 59.3 Å². The molecule has 0 aliphatic carbocycles. The van der Waals surface area contributed by atoms with E-state index in [9.17, 15) is 28.8 Å². The molecule has 0 unspecified atom stereocenters. The number of thiophene rings is 2. The van der Waals surface area contributed by atoms with Crippen LogP contribution in [0.25, 0.3) is 20.2 Å². The summed E-state index contributed by atoms with van der Waals surface area (Å²) in [5.74, 6) is -1.34. The van der Waals surface area contributed by atoms with Gasteiger partial charge < -0.3 is 28.4 Å². The van der Waals surface area contributed by atoms with E-state index >= 15 is 0 Å². The molecular formula is C33H30N2O12S2. The number of carbonyl (C=O) groups excluding carboxylic acids is 6. The van der Waals surface area contributed by atoms with Crippen LogP contribution in [0.15, 0.2) is 24.3 Å². The van der Waals surface area contributed by atoms with Gasteiger partial charge in [0.1, 0.15) is 9.75 Å². The van der Waals surface area contributed by atoms with Gasteiger partial charge >= 0.3 is 11.9 Å². The molecule has 0 saturated carbocycles. The van der Waals surface area contributed by atoms with Gasteiger partial charge in [0.2, 0.25) is 0 Å². The molecule has 0 radical (unpaired) electrons. The van der Waals surface area contributed by atoms with Gasteiger partial charge in [0.25, 0.3) is 23.6 Å². The summed E-state index contributed by atoms with van der Waals surface area (Å²) in [4.78, 5) is 78.2. The lowest BCUT2D eigenvalue weighted by Crippen LogP contribution is -2.32. The zero-order valence-corrected chi connectivity index (χ0v) is 28.5. The molecule has 0 spiro atoms. The molecule has 256 valence electrons. The number of esters is 2. The lowest BCUT2D eigenvalue weighted by atomic mass is 10.1. The number of nitrogens with zero attached hydrogens (tertiary/aromatic N) is 2. The Morgan fingerprint density at radius 3 is 1.37 bits per heavy atom. The second kappa shape index (κ2) is 13.7. The first kappa shape index (κ1) is 33.7. The van der Waals surface area contributed by atoms with Crippen molar-refractivity contribution in [2.75, 3.05) is 54.7 Å². The summed E-state index contributed by atoms with van der Waals surface area (Å²) in [5.41, 5.74) is 0.528. The van der Waals surface area contributed by atoms with E-state index in [1.165, 1.54) is 51.1 Å². The maximum Gasteiger partial charge on any atom is 0.307 e. The normalized spacial score (nSPS) is 13.7. The molecule has 2 aromatic heterocycles. The third kappa shape index (κ3) is 6.01. The highest BCUT2D eigenvalue weighted by Crippen LogP contribution is 2.44. The predicted octanol–water partition coefficient (Wildman–Crippen LogP) is 4.30. The standard InChI is InChI=1S/C33H30N2O12S2/c1-42-18-14-22-16(26-28(48-22)32(40)34(30(26)38)8-6-24(36)44-3)12-20(18)46-10-5-11-47-21-13-17-23(15-19(21)43-2)49-29-27(17)31(39)35(33(29)41)9-7-25(37)45-4/h12-15H,5-11H2,1-4H3. The topological polar surface area (TPSA) is 164 Å². The molecule has 0 fully saturated rings. The zero-order valence-electron chi connectivity index (χ0n) is 26.9. The van der Waals surface area contributed by atoms with Crippen molar-refractivity contribution in [3.8, 4) is 23.0 Å². The highest BCUT2D eigenvalue weighted by molar-refractivity contribution is 7.22. The Labute approximate surface area is 286 Å². The first-order chi connectivity index (χ1) is 23.6. The van der Waals surface area contributed by atoms with E-state index in [4.69, 9.17) is 18.9 Å². The summed E-state index contributed by atoms with van der Waals surface area (Å²) in [5, 5.41) is 1.09. The molecule has 0 atom stereocenters. The molecule has 2 aliphatic rings. The van der Waals surface area contributed by atoms with E-state index in [1.807, 2.05) is 0 Å². The molecule has 0 saturated heterocycles. The molecule has 4 amide bonds. The van der Waals surface area contributed by atoms with Gasteiger partial charge in [0.15, 0.2) is 23.0 Å². The first-order valence-electron chi connectivity index (χ1n) is 15.0. The Bertz CT molecular complexity index is 1900. The van der Waals surface area contributed by atoms with Crippen LogP contribution in [0.2, 0.25) is 0 Å². The van der Waals surface area contributed by atoms with E-state index < -0.39 is 35.6 Å². The smallest absolute Gasteiger partial charge is 0.307 e. The fourth-order valence-electron chi connectivity index (χ4n) is 5.62. The number of methoxy groups -OCH3 is 4. The largest absolute Gasteiger partial charge is 0.493 e. The van der Waals surface area contributed by atoms with E-state index in [-0.39, 0.29) is 50.3 Å². The highest BCUT2D eigenvalue weighted by atomic mass is 32.1. The number of fused-ring (bicyclic) bond motifs is 6. The van der Waals surface area contributed by atoms with Gasteiger partial charge in [0.05, 0.1) is 65.6 Å². The first-order valence-corrected chi connectivity index (χ1v) is 16.7. The molecule has 4 heterocycles. The van der Waals surface area contributed by atoms with Gasteiger partial charge in [-0.3, -0.25) is 38.6 Å². The molecule has 0 bridgehead atoms. The Kier molecular flexibility index (Phi) is 9.43. The molecule has 4 aromatic rings. The SMILES string of the molecule is COC(=O)CCN1C(=O)c2sc3cc(OC)c(OCCCOc4cc5c6c(sc5cc4OC)C(=O)N(CCC(=O)OC)C6=O)cc3c2C1=O. The van der Waals surface area contributed by atoms with Crippen LogP contribution in [-0.2, 0) is 19.1 Å². The highest BCUT2D eigenvalue weighted by Gasteiger charge is 2.41. The summed E-state index contributed by atoms with van der Waals surface area (Å²) in [6.07, 6.45) is 0.216. The van der Waals surface area contributed by atoms with Crippen LogP contribution in [0.3, 0.4) is 0 Å². The van der Waals surface area contributed by atoms with Crippen molar-refractivity contribution in [2.45, 2.75) is 19.3 Å². The third-order valence-corrected chi connectivity index (χ3v) is 10.4. The Morgan fingerprint density at radius 2 is 1.00 bits per heavy atom. The molecule has 0 N–H and O–H groups in total. The summed E-state index contributed by atoms with van der Waals surface area (Å²) >= 11 is 2.34. The monoisotopic (exact) mass is 710 g/mol. The van der Waals surface area contributed by atoms with Crippen molar-refractivity contribution in [2.24, 2.45) is 0 Å². The summed E-state index contributed by atoms with van der Waals surface area (Å²) in [6, 6.07) is 6.76. The van der Waals surface area contributed by atoms with Crippen molar-refractivity contribution in [3.05, 3.63) is 45.1 Å². The number of ether oxygens (including phenoxy) is 6. The van der Waals surface area contributed by atoms with Crippen molar-refractivity contribution in [1.29, 1.82) is 0 Å². The summed E-state index contributed by atoms with van der Waals surface area (Å²) < 4.78 is 33.7. The number of hydrogen-bond donors (Lipinski definition) is 0. The van der Waals surface area contributed by atoms with E-state index in [2.05, 4.69) is 9.47 Å². The Balaban J connectivity index is 1.13. The number of imide groups is 2. The summed E-state index contributed by atoms with van der Waals surface area (Å²) in [6.45, 7) is 0.242. The van der Waals surface area contributed by atoms with Crippen molar-refractivity contribution >= 4 is 78.4 Å². The predicted molar refractivity (Wildman–Crippen MR) is 176 cm³/mol. The van der Waals surface area contributed by atoms with Gasteiger partial charge in [-0.15, -0.1) is 22.7 Å². The van der Waals surface area contributed by atoms with Gasteiger partial charge in [-0.25, -0.2) is 0 Å². The number of rotatable bonds is 14. The van der Waals surface area contributed by atoms with Crippen LogP contribution in [0.5, 0.6) is 23.0 Å². The molecule has 16 heteroatoms. The minimum Gasteiger partial charge on any atom is -0.493 e. The van der Waals surface area contributed by atoms with Crippen molar-refractivity contribution in [1.82, 2.24) is 9.80 Å². The lowest BCUT2D eigenvalue weighted by molar-refractivity contribution is -0.141. The molecular weight excluding hydrogens is 680 g/mol. The number of benzene rings is 2. The van der Waals surface area contributed by atoms with Gasteiger partial charge in [0, 0.05) is 51.8 Å². The fourth-order valence-corrected chi connectivity index (χ4v) is 7.93. The van der Waals surface area contributed by atoms with Crippen LogP contribution in [0.4, 0.5) is 0 Å². The van der Waals surface area contributed by atoms with Crippen molar-refractivity contribution < 1.29 is 57.2 Å². The van der Waals surface area contributed by atoms with Crippen molar-refractivity contribution in [3.63, 3.8) is 0 Å². The van der Waals surface area contributed by atoms with E-state index in [0.717, 1.165) is 9.80 Å². The minimum atomic E-state index is -0.522. The Hall–Kier alpha value is -5.22. The molecule has 2 aromatic carbocycles. The fraction of sp³-hybridized carbons (Fsp3) is 0.333. The number of hydrogen-bond acceptors (Lipinski definition) is 14. The van der Waals surface area contributed by atoms with Gasteiger partial charge in [-0.05, 0) is 12.1 Å². The molecule has 2 aliphatic heterocycles. The maximum atomic E-state index is 13.2. The lowest BCUT2D eigenvalue weighted by Gasteiger charge is -2.15. The third-order valence-electron chi connectivity index (χ3n) is 8.08. The quantitative estimate of drug-likeness (QED) is 0.104. The molecule has 49 heavy (non-hydrogen) atoms. The summed E-state index contributed by atoms with van der Waals surface area (Å²) in [7, 11) is 5.46. The maximum absolute atomic E-state index is 13.2. The molecule has 14 nitrogen and oxygen atoms in total. The second-order valence-corrected chi connectivity index (χ2v) is 12.9. The van der Waals surface area contributed by atoms with E-state index in [0.29, 0.717) is 59.3 Å².